The van der Waals surface area contributed by atoms with E-state index in [0.717, 1.165) is 16.5 Å². The lowest BCUT2D eigenvalue weighted by atomic mass is 10.2. The van der Waals surface area contributed by atoms with Crippen molar-refractivity contribution in [1.29, 1.82) is 5.26 Å². The summed E-state index contributed by atoms with van der Waals surface area (Å²) in [4.78, 5) is 16.7. The summed E-state index contributed by atoms with van der Waals surface area (Å²) in [5.74, 6) is 1.55. The molecule has 100 valence electrons. The summed E-state index contributed by atoms with van der Waals surface area (Å²) in [7, 11) is 0. The van der Waals surface area contributed by atoms with Crippen LogP contribution < -0.4 is 5.56 Å². The molecular formula is C14H11N3OS2. The van der Waals surface area contributed by atoms with Gasteiger partial charge in [0.05, 0.1) is 0 Å². The van der Waals surface area contributed by atoms with Gasteiger partial charge in [0.1, 0.15) is 16.7 Å². The molecule has 0 saturated heterocycles. The first-order valence-corrected chi connectivity index (χ1v) is 8.11. The molecule has 2 aromatic rings. The number of rotatable bonds is 3. The number of thioether (sulfide) groups is 2. The highest BCUT2D eigenvalue weighted by Crippen LogP contribution is 2.28. The summed E-state index contributed by atoms with van der Waals surface area (Å²) in [6.45, 7) is 0.643. The molecule has 0 N–H and O–H groups in total. The molecule has 1 aromatic carbocycles. The van der Waals surface area contributed by atoms with Crippen LogP contribution in [-0.4, -0.2) is 15.3 Å². The van der Waals surface area contributed by atoms with E-state index >= 15 is 0 Å². The first-order chi connectivity index (χ1) is 9.79. The Kier molecular flexibility index (Phi) is 3.81. The predicted molar refractivity (Wildman–Crippen MR) is 79.9 cm³/mol. The normalized spacial score (nSPS) is 12.9. The van der Waals surface area contributed by atoms with Crippen molar-refractivity contribution < 1.29 is 0 Å². The van der Waals surface area contributed by atoms with Gasteiger partial charge in [0.2, 0.25) is 0 Å². The Morgan fingerprint density at radius 3 is 2.95 bits per heavy atom. The van der Waals surface area contributed by atoms with Crippen LogP contribution in [0.25, 0.3) is 0 Å². The molecule has 20 heavy (non-hydrogen) atoms. The van der Waals surface area contributed by atoms with Crippen molar-refractivity contribution in [1.82, 2.24) is 9.55 Å². The second-order valence-electron chi connectivity index (χ2n) is 4.27. The molecule has 6 heteroatoms. The highest BCUT2D eigenvalue weighted by molar-refractivity contribution is 7.99. The third kappa shape index (κ3) is 2.47. The largest absolute Gasteiger partial charge is 0.286 e. The van der Waals surface area contributed by atoms with Gasteiger partial charge in [-0.1, -0.05) is 42.1 Å². The minimum atomic E-state index is -0.210. The van der Waals surface area contributed by atoms with Crippen molar-refractivity contribution in [2.75, 3.05) is 5.75 Å². The van der Waals surface area contributed by atoms with Crippen LogP contribution in [-0.2, 0) is 12.3 Å². The molecule has 0 atom stereocenters. The fourth-order valence-electron chi connectivity index (χ4n) is 1.98. The molecule has 2 heterocycles. The summed E-state index contributed by atoms with van der Waals surface area (Å²) < 4.78 is 1.59. The average Bonchev–Trinajstić information content (AvgIpc) is 2.95. The SMILES string of the molecule is N#Cc1c(SCc2ccccc2)nc2n(c1=O)CCS2. The summed E-state index contributed by atoms with van der Waals surface area (Å²) >= 11 is 3.01. The van der Waals surface area contributed by atoms with Crippen LogP contribution in [0.2, 0.25) is 0 Å². The average molecular weight is 301 g/mol. The van der Waals surface area contributed by atoms with E-state index in [-0.39, 0.29) is 11.1 Å². The highest BCUT2D eigenvalue weighted by Gasteiger charge is 2.20. The van der Waals surface area contributed by atoms with E-state index in [1.54, 1.807) is 16.3 Å². The van der Waals surface area contributed by atoms with Crippen molar-refractivity contribution in [2.45, 2.75) is 22.5 Å². The van der Waals surface area contributed by atoms with E-state index in [4.69, 9.17) is 0 Å². The number of nitriles is 1. The number of hydrogen-bond donors (Lipinski definition) is 0. The molecule has 4 nitrogen and oxygen atoms in total. The van der Waals surface area contributed by atoms with Gasteiger partial charge in [-0.15, -0.1) is 11.8 Å². The molecule has 1 aliphatic rings. The van der Waals surface area contributed by atoms with E-state index in [1.807, 2.05) is 36.4 Å². The molecule has 0 radical (unpaired) electrons. The van der Waals surface area contributed by atoms with E-state index in [0.29, 0.717) is 17.3 Å². The van der Waals surface area contributed by atoms with Crippen molar-refractivity contribution >= 4 is 23.5 Å². The smallest absolute Gasteiger partial charge is 0.273 e. The number of nitrogens with zero attached hydrogens (tertiary/aromatic N) is 3. The van der Waals surface area contributed by atoms with Crippen LogP contribution in [0.1, 0.15) is 11.1 Å². The van der Waals surface area contributed by atoms with Gasteiger partial charge < -0.3 is 0 Å². The lowest BCUT2D eigenvalue weighted by Crippen LogP contribution is -2.23. The van der Waals surface area contributed by atoms with Crippen molar-refractivity contribution in [3.8, 4) is 6.07 Å². The van der Waals surface area contributed by atoms with Crippen LogP contribution in [0.4, 0.5) is 0 Å². The molecule has 0 amide bonds. The summed E-state index contributed by atoms with van der Waals surface area (Å²) in [6.07, 6.45) is 0. The number of hydrogen-bond acceptors (Lipinski definition) is 5. The molecule has 0 bridgehead atoms. The Hall–Kier alpha value is -1.71. The van der Waals surface area contributed by atoms with Crippen LogP contribution in [0, 0.1) is 11.3 Å². The zero-order valence-corrected chi connectivity index (χ0v) is 12.2. The second-order valence-corrected chi connectivity index (χ2v) is 6.29. The molecule has 0 fully saturated rings. The van der Waals surface area contributed by atoms with Crippen molar-refractivity contribution in [3.63, 3.8) is 0 Å². The molecule has 0 spiro atoms. The molecule has 1 aliphatic heterocycles. The number of benzene rings is 1. The van der Waals surface area contributed by atoms with Crippen LogP contribution in [0.3, 0.4) is 0 Å². The van der Waals surface area contributed by atoms with E-state index in [2.05, 4.69) is 4.98 Å². The van der Waals surface area contributed by atoms with Gasteiger partial charge in [0, 0.05) is 18.1 Å². The van der Waals surface area contributed by atoms with Gasteiger partial charge in [0.25, 0.3) is 5.56 Å². The van der Waals surface area contributed by atoms with Gasteiger partial charge in [-0.05, 0) is 5.56 Å². The van der Waals surface area contributed by atoms with Gasteiger partial charge in [-0.3, -0.25) is 9.36 Å². The molecule has 1 aromatic heterocycles. The summed E-state index contributed by atoms with van der Waals surface area (Å²) in [5, 5.41) is 10.5. The monoisotopic (exact) mass is 301 g/mol. The van der Waals surface area contributed by atoms with Crippen LogP contribution in [0.15, 0.2) is 45.3 Å². The maximum absolute atomic E-state index is 12.2. The van der Waals surface area contributed by atoms with Crippen LogP contribution >= 0.6 is 23.5 Å². The zero-order valence-electron chi connectivity index (χ0n) is 10.6. The Morgan fingerprint density at radius 2 is 2.20 bits per heavy atom. The Labute approximate surface area is 124 Å². The highest BCUT2D eigenvalue weighted by atomic mass is 32.2. The number of fused-ring (bicyclic) bond motifs is 1. The number of aromatic nitrogens is 2. The fourth-order valence-corrected chi connectivity index (χ4v) is 3.90. The lowest BCUT2D eigenvalue weighted by molar-refractivity contribution is 0.633. The fraction of sp³-hybridized carbons (Fsp3) is 0.214. The van der Waals surface area contributed by atoms with Gasteiger partial charge in [-0.2, -0.15) is 5.26 Å². The summed E-state index contributed by atoms with van der Waals surface area (Å²) in [5.41, 5.74) is 1.10. The molecular weight excluding hydrogens is 290 g/mol. The summed E-state index contributed by atoms with van der Waals surface area (Å²) in [6, 6.07) is 12.0. The minimum Gasteiger partial charge on any atom is -0.286 e. The van der Waals surface area contributed by atoms with Crippen molar-refractivity contribution in [2.24, 2.45) is 0 Å². The second kappa shape index (κ2) is 5.73. The third-order valence-electron chi connectivity index (χ3n) is 2.98. The van der Waals surface area contributed by atoms with Gasteiger partial charge in [-0.25, -0.2) is 4.98 Å². The Morgan fingerprint density at radius 1 is 1.40 bits per heavy atom. The van der Waals surface area contributed by atoms with Gasteiger partial charge >= 0.3 is 0 Å². The molecule has 0 unspecified atom stereocenters. The minimum absolute atomic E-state index is 0.164. The Bertz CT molecular complexity index is 735. The van der Waals surface area contributed by atoms with Gasteiger partial charge in [0.15, 0.2) is 5.16 Å². The van der Waals surface area contributed by atoms with Crippen LogP contribution in [0.5, 0.6) is 0 Å². The quantitative estimate of drug-likeness (QED) is 0.495. The topological polar surface area (TPSA) is 58.7 Å². The maximum Gasteiger partial charge on any atom is 0.273 e. The first kappa shape index (κ1) is 13.3. The van der Waals surface area contributed by atoms with E-state index < -0.39 is 0 Å². The molecule has 3 rings (SSSR count). The lowest BCUT2D eigenvalue weighted by Gasteiger charge is -2.07. The molecule has 0 saturated carbocycles. The predicted octanol–water partition coefficient (Wildman–Crippen LogP) is 2.51. The Balaban J connectivity index is 1.92. The van der Waals surface area contributed by atoms with E-state index in [9.17, 15) is 10.1 Å². The molecule has 0 aliphatic carbocycles. The zero-order chi connectivity index (χ0) is 13.9. The first-order valence-electron chi connectivity index (χ1n) is 6.14. The standard InChI is InChI=1S/C14H11N3OS2/c15-8-11-12(20-9-10-4-2-1-3-5-10)16-14-17(13(11)18)6-7-19-14/h1-5H,6-7,9H2. The van der Waals surface area contributed by atoms with Crippen molar-refractivity contribution in [3.05, 3.63) is 51.8 Å². The third-order valence-corrected chi connectivity index (χ3v) is 4.98. The maximum atomic E-state index is 12.2. The van der Waals surface area contributed by atoms with E-state index in [1.165, 1.54) is 11.8 Å².